The summed E-state index contributed by atoms with van der Waals surface area (Å²) >= 11 is 5.56. The van der Waals surface area contributed by atoms with Gasteiger partial charge in [-0.25, -0.2) is 0 Å². The van der Waals surface area contributed by atoms with Gasteiger partial charge in [0.15, 0.2) is 0 Å². The first-order chi connectivity index (χ1) is 9.22. The van der Waals surface area contributed by atoms with Gasteiger partial charge in [0.05, 0.1) is 13.7 Å². The Bertz CT molecular complexity index is 427. The van der Waals surface area contributed by atoms with Crippen molar-refractivity contribution < 1.29 is 14.3 Å². The van der Waals surface area contributed by atoms with Gasteiger partial charge in [0.1, 0.15) is 6.10 Å². The highest BCUT2D eigenvalue weighted by Crippen LogP contribution is 2.18. The van der Waals surface area contributed by atoms with Gasteiger partial charge in [0, 0.05) is 37.4 Å². The van der Waals surface area contributed by atoms with Gasteiger partial charge in [-0.05, 0) is 0 Å². The van der Waals surface area contributed by atoms with Crippen LogP contribution in [0.1, 0.15) is 12.8 Å². The van der Waals surface area contributed by atoms with Gasteiger partial charge in [-0.3, -0.25) is 4.79 Å². The van der Waals surface area contributed by atoms with Crippen LogP contribution in [0.25, 0.3) is 0 Å². The Balaban J connectivity index is 1.85. The van der Waals surface area contributed by atoms with Crippen LogP contribution in [0.4, 0.5) is 0 Å². The topological polar surface area (TPSA) is 64.6 Å². The number of likely N-dealkylation sites (tertiary alicyclic amines) is 1. The van der Waals surface area contributed by atoms with Crippen molar-refractivity contribution in [2.75, 3.05) is 26.1 Å². The van der Waals surface area contributed by atoms with Crippen molar-refractivity contribution in [2.45, 2.75) is 18.9 Å². The molecule has 1 aromatic heterocycles. The van der Waals surface area contributed by atoms with Crippen molar-refractivity contribution in [3.05, 3.63) is 12.1 Å². The van der Waals surface area contributed by atoms with E-state index in [4.69, 9.17) is 21.1 Å². The lowest BCUT2D eigenvalue weighted by Crippen LogP contribution is -2.31. The van der Waals surface area contributed by atoms with E-state index < -0.39 is 0 Å². The van der Waals surface area contributed by atoms with Crippen LogP contribution >= 0.6 is 11.6 Å². The molecule has 1 amide bonds. The molecule has 1 unspecified atom stereocenters. The van der Waals surface area contributed by atoms with Crippen LogP contribution in [-0.4, -0.2) is 53.2 Å². The molecule has 104 valence electrons. The highest BCUT2D eigenvalue weighted by molar-refractivity contribution is 6.18. The molecule has 0 aromatic carbocycles. The summed E-state index contributed by atoms with van der Waals surface area (Å²) in [6.45, 7) is 1.27. The summed E-state index contributed by atoms with van der Waals surface area (Å²) in [4.78, 5) is 13.4. The minimum atomic E-state index is -0.0398. The second kappa shape index (κ2) is 6.56. The van der Waals surface area contributed by atoms with Crippen molar-refractivity contribution in [1.82, 2.24) is 15.1 Å². The molecule has 1 aromatic rings. The van der Waals surface area contributed by atoms with Gasteiger partial charge in [-0.15, -0.1) is 21.8 Å². The zero-order valence-corrected chi connectivity index (χ0v) is 11.5. The van der Waals surface area contributed by atoms with E-state index in [0.29, 0.717) is 37.2 Å². The van der Waals surface area contributed by atoms with Crippen molar-refractivity contribution in [1.29, 1.82) is 0 Å². The molecular formula is C12H16ClN3O3. The third kappa shape index (κ3) is 3.70. The quantitative estimate of drug-likeness (QED) is 0.758. The van der Waals surface area contributed by atoms with Gasteiger partial charge in [0.25, 0.3) is 0 Å². The third-order valence-corrected chi connectivity index (χ3v) is 3.11. The number of alkyl halides is 1. The number of hydrogen-bond acceptors (Lipinski definition) is 5. The Hall–Kier alpha value is -1.56. The fourth-order valence-corrected chi connectivity index (χ4v) is 2.10. The predicted octanol–water partition coefficient (Wildman–Crippen LogP) is 1.09. The number of amides is 1. The normalized spacial score (nSPS) is 18.4. The maximum atomic E-state index is 11.7. The van der Waals surface area contributed by atoms with Crippen molar-refractivity contribution >= 4 is 17.5 Å². The number of hydrogen-bond donors (Lipinski definition) is 0. The second-order valence-corrected chi connectivity index (χ2v) is 4.60. The van der Waals surface area contributed by atoms with Crippen LogP contribution < -0.4 is 9.47 Å². The van der Waals surface area contributed by atoms with E-state index in [9.17, 15) is 4.79 Å². The molecule has 0 aliphatic carbocycles. The van der Waals surface area contributed by atoms with Gasteiger partial charge in [-0.1, -0.05) is 0 Å². The Morgan fingerprint density at radius 3 is 2.84 bits per heavy atom. The largest absolute Gasteiger partial charge is 0.480 e. The maximum Gasteiger partial charge on any atom is 0.233 e. The molecule has 1 atom stereocenters. The standard InChI is InChI=1S/C12H16ClN3O3/c1-18-10-2-3-11(15-14-10)19-9-5-7-16(8-9)12(17)4-6-13/h2-3,9H,4-8H2,1H3. The van der Waals surface area contributed by atoms with Gasteiger partial charge in [0.2, 0.25) is 17.7 Å². The molecule has 1 saturated heterocycles. The summed E-state index contributed by atoms with van der Waals surface area (Å²) in [5.41, 5.74) is 0. The van der Waals surface area contributed by atoms with Crippen LogP contribution in [0, 0.1) is 0 Å². The zero-order chi connectivity index (χ0) is 13.7. The summed E-state index contributed by atoms with van der Waals surface area (Å²) < 4.78 is 10.6. The first-order valence-corrected chi connectivity index (χ1v) is 6.64. The van der Waals surface area contributed by atoms with Gasteiger partial charge >= 0.3 is 0 Å². The summed E-state index contributed by atoms with van der Waals surface area (Å²) in [5, 5.41) is 7.73. The van der Waals surface area contributed by atoms with Crippen LogP contribution in [-0.2, 0) is 4.79 Å². The molecular weight excluding hydrogens is 270 g/mol. The fraction of sp³-hybridized carbons (Fsp3) is 0.583. The Labute approximate surface area is 116 Å². The zero-order valence-electron chi connectivity index (χ0n) is 10.7. The Morgan fingerprint density at radius 1 is 1.47 bits per heavy atom. The highest BCUT2D eigenvalue weighted by Gasteiger charge is 2.27. The van der Waals surface area contributed by atoms with Gasteiger partial charge in [-0.2, -0.15) is 0 Å². The number of methoxy groups -OCH3 is 1. The summed E-state index contributed by atoms with van der Waals surface area (Å²) in [7, 11) is 1.53. The molecule has 6 nitrogen and oxygen atoms in total. The minimum absolute atomic E-state index is 0.0398. The predicted molar refractivity (Wildman–Crippen MR) is 69.5 cm³/mol. The number of rotatable bonds is 5. The SMILES string of the molecule is COc1ccc(OC2CCN(C(=O)CCCl)C2)nn1. The van der Waals surface area contributed by atoms with Crippen molar-refractivity contribution in [2.24, 2.45) is 0 Å². The smallest absolute Gasteiger partial charge is 0.233 e. The molecule has 0 spiro atoms. The molecule has 1 fully saturated rings. The molecule has 1 aliphatic heterocycles. The molecule has 2 heterocycles. The van der Waals surface area contributed by atoms with Crippen LogP contribution in [0.2, 0.25) is 0 Å². The van der Waals surface area contributed by atoms with Crippen LogP contribution in [0.15, 0.2) is 12.1 Å². The number of carbonyl (C=O) groups excluding carboxylic acids is 1. The first kappa shape index (κ1) is 13.9. The van der Waals surface area contributed by atoms with Crippen molar-refractivity contribution in [3.63, 3.8) is 0 Å². The molecule has 2 rings (SSSR count). The number of nitrogens with zero attached hydrogens (tertiary/aromatic N) is 3. The molecule has 7 heteroatoms. The molecule has 19 heavy (non-hydrogen) atoms. The summed E-state index contributed by atoms with van der Waals surface area (Å²) in [6.07, 6.45) is 1.13. The first-order valence-electron chi connectivity index (χ1n) is 6.11. The van der Waals surface area contributed by atoms with Crippen molar-refractivity contribution in [3.8, 4) is 11.8 Å². The van der Waals surface area contributed by atoms with Gasteiger partial charge < -0.3 is 14.4 Å². The van der Waals surface area contributed by atoms with E-state index in [-0.39, 0.29) is 12.0 Å². The lowest BCUT2D eigenvalue weighted by atomic mass is 10.3. The molecule has 0 N–H and O–H groups in total. The molecule has 1 aliphatic rings. The van der Waals surface area contributed by atoms with E-state index in [1.807, 2.05) is 0 Å². The van der Waals surface area contributed by atoms with Crippen LogP contribution in [0.5, 0.6) is 11.8 Å². The lowest BCUT2D eigenvalue weighted by Gasteiger charge is -2.16. The van der Waals surface area contributed by atoms with E-state index >= 15 is 0 Å². The Morgan fingerprint density at radius 2 is 2.21 bits per heavy atom. The third-order valence-electron chi connectivity index (χ3n) is 2.92. The highest BCUT2D eigenvalue weighted by atomic mass is 35.5. The number of aromatic nitrogens is 2. The molecule has 0 bridgehead atoms. The fourth-order valence-electron chi connectivity index (χ4n) is 1.94. The monoisotopic (exact) mass is 285 g/mol. The minimum Gasteiger partial charge on any atom is -0.480 e. The van der Waals surface area contributed by atoms with E-state index in [0.717, 1.165) is 6.42 Å². The van der Waals surface area contributed by atoms with E-state index in [1.54, 1.807) is 17.0 Å². The number of carbonyl (C=O) groups is 1. The maximum absolute atomic E-state index is 11.7. The average molecular weight is 286 g/mol. The molecule has 0 radical (unpaired) electrons. The number of ether oxygens (including phenoxy) is 2. The average Bonchev–Trinajstić information content (AvgIpc) is 2.88. The van der Waals surface area contributed by atoms with Crippen LogP contribution in [0.3, 0.4) is 0 Å². The molecule has 0 saturated carbocycles. The van der Waals surface area contributed by atoms with E-state index in [1.165, 1.54) is 7.11 Å². The van der Waals surface area contributed by atoms with E-state index in [2.05, 4.69) is 10.2 Å². The summed E-state index contributed by atoms with van der Waals surface area (Å²) in [5.74, 6) is 1.31. The Kier molecular flexibility index (Phi) is 4.79. The summed E-state index contributed by atoms with van der Waals surface area (Å²) in [6, 6.07) is 3.39. The lowest BCUT2D eigenvalue weighted by molar-refractivity contribution is -0.130. The second-order valence-electron chi connectivity index (χ2n) is 4.22. The number of halogens is 1.